The van der Waals surface area contributed by atoms with Crippen molar-refractivity contribution in [3.05, 3.63) is 41.0 Å². The first-order chi connectivity index (χ1) is 14.0. The van der Waals surface area contributed by atoms with Crippen molar-refractivity contribution in [2.75, 3.05) is 32.0 Å². The Labute approximate surface area is 170 Å². The van der Waals surface area contributed by atoms with Gasteiger partial charge in [-0.1, -0.05) is 6.07 Å². The SMILES string of the molecule is CCNC(=O)Nc1ncc(CN2CCC(c3ccc(C(=O)NC)nc3C)CC2)o1. The van der Waals surface area contributed by atoms with E-state index in [1.807, 2.05) is 19.9 Å². The molecule has 3 amide bonds. The molecule has 9 nitrogen and oxygen atoms in total. The van der Waals surface area contributed by atoms with Gasteiger partial charge >= 0.3 is 12.0 Å². The lowest BCUT2D eigenvalue weighted by Crippen LogP contribution is -2.32. The molecule has 0 atom stereocenters. The summed E-state index contributed by atoms with van der Waals surface area (Å²) < 4.78 is 5.61. The summed E-state index contributed by atoms with van der Waals surface area (Å²) in [6.07, 6.45) is 3.68. The summed E-state index contributed by atoms with van der Waals surface area (Å²) in [7, 11) is 1.61. The van der Waals surface area contributed by atoms with E-state index in [4.69, 9.17) is 4.42 Å². The Hall–Kier alpha value is -2.94. The first-order valence-corrected chi connectivity index (χ1v) is 9.91. The molecule has 29 heavy (non-hydrogen) atoms. The third-order valence-corrected chi connectivity index (χ3v) is 5.10. The van der Waals surface area contributed by atoms with Crippen molar-refractivity contribution in [1.82, 2.24) is 25.5 Å². The molecule has 1 aliphatic heterocycles. The Kier molecular flexibility index (Phi) is 6.82. The van der Waals surface area contributed by atoms with Crippen LogP contribution in [0.1, 0.15) is 53.2 Å². The summed E-state index contributed by atoms with van der Waals surface area (Å²) in [6.45, 7) is 6.87. The molecule has 2 aromatic rings. The fraction of sp³-hybridized carbons (Fsp3) is 0.500. The number of amides is 3. The number of piperidine rings is 1. The van der Waals surface area contributed by atoms with Gasteiger partial charge in [0.2, 0.25) is 0 Å². The first-order valence-electron chi connectivity index (χ1n) is 9.91. The van der Waals surface area contributed by atoms with Crippen LogP contribution in [0.5, 0.6) is 0 Å². The van der Waals surface area contributed by atoms with Gasteiger partial charge in [0.05, 0.1) is 12.7 Å². The van der Waals surface area contributed by atoms with Crippen LogP contribution in [0.4, 0.5) is 10.8 Å². The molecule has 0 bridgehead atoms. The van der Waals surface area contributed by atoms with E-state index >= 15 is 0 Å². The summed E-state index contributed by atoms with van der Waals surface area (Å²) >= 11 is 0. The van der Waals surface area contributed by atoms with Gasteiger partial charge in [-0.2, -0.15) is 0 Å². The van der Waals surface area contributed by atoms with Crippen molar-refractivity contribution in [2.24, 2.45) is 0 Å². The molecule has 0 radical (unpaired) electrons. The van der Waals surface area contributed by atoms with E-state index in [0.717, 1.165) is 37.4 Å². The maximum atomic E-state index is 11.7. The average Bonchev–Trinajstić information content (AvgIpc) is 3.14. The molecule has 0 saturated carbocycles. The molecule has 2 aromatic heterocycles. The summed E-state index contributed by atoms with van der Waals surface area (Å²) in [5.41, 5.74) is 2.58. The van der Waals surface area contributed by atoms with E-state index in [1.54, 1.807) is 19.3 Å². The second-order valence-electron chi connectivity index (χ2n) is 7.12. The molecule has 1 saturated heterocycles. The smallest absolute Gasteiger partial charge is 0.322 e. The lowest BCUT2D eigenvalue weighted by atomic mass is 9.88. The van der Waals surface area contributed by atoms with Crippen molar-refractivity contribution in [1.29, 1.82) is 0 Å². The monoisotopic (exact) mass is 400 g/mol. The van der Waals surface area contributed by atoms with Crippen LogP contribution >= 0.6 is 0 Å². The molecule has 0 aliphatic carbocycles. The Bertz CT molecular complexity index is 858. The van der Waals surface area contributed by atoms with Gasteiger partial charge in [0.15, 0.2) is 0 Å². The number of carbonyl (C=O) groups excluding carboxylic acids is 2. The predicted molar refractivity (Wildman–Crippen MR) is 109 cm³/mol. The van der Waals surface area contributed by atoms with Gasteiger partial charge in [0, 0.05) is 19.3 Å². The number of urea groups is 1. The summed E-state index contributed by atoms with van der Waals surface area (Å²) in [5, 5.41) is 7.81. The quantitative estimate of drug-likeness (QED) is 0.686. The van der Waals surface area contributed by atoms with Gasteiger partial charge in [-0.3, -0.25) is 15.0 Å². The highest BCUT2D eigenvalue weighted by Gasteiger charge is 2.23. The van der Waals surface area contributed by atoms with Crippen LogP contribution in [0.15, 0.2) is 22.7 Å². The van der Waals surface area contributed by atoms with E-state index in [0.29, 0.717) is 24.7 Å². The number of hydrogen-bond acceptors (Lipinski definition) is 6. The van der Waals surface area contributed by atoms with E-state index < -0.39 is 0 Å². The van der Waals surface area contributed by atoms with Crippen molar-refractivity contribution in [3.8, 4) is 0 Å². The number of oxazole rings is 1. The van der Waals surface area contributed by atoms with E-state index in [1.165, 1.54) is 5.56 Å². The molecule has 0 aromatic carbocycles. The normalized spacial score (nSPS) is 15.1. The van der Waals surface area contributed by atoms with Crippen molar-refractivity contribution < 1.29 is 14.0 Å². The highest BCUT2D eigenvalue weighted by atomic mass is 16.4. The topological polar surface area (TPSA) is 112 Å². The number of aromatic nitrogens is 2. The second-order valence-corrected chi connectivity index (χ2v) is 7.12. The first kappa shape index (κ1) is 20.8. The third kappa shape index (κ3) is 5.32. The van der Waals surface area contributed by atoms with E-state index in [9.17, 15) is 9.59 Å². The minimum absolute atomic E-state index is 0.164. The van der Waals surface area contributed by atoms with Crippen LogP contribution < -0.4 is 16.0 Å². The molecular formula is C20H28N6O3. The number of rotatable bonds is 6. The highest BCUT2D eigenvalue weighted by molar-refractivity contribution is 5.92. The maximum absolute atomic E-state index is 11.7. The predicted octanol–water partition coefficient (Wildman–Crippen LogP) is 2.26. The molecule has 3 heterocycles. The summed E-state index contributed by atoms with van der Waals surface area (Å²) in [5.74, 6) is 0.993. The molecule has 3 N–H and O–H groups in total. The van der Waals surface area contributed by atoms with Gasteiger partial charge in [-0.25, -0.2) is 14.8 Å². The van der Waals surface area contributed by atoms with Crippen molar-refractivity contribution in [2.45, 2.75) is 39.2 Å². The molecule has 0 unspecified atom stereocenters. The summed E-state index contributed by atoms with van der Waals surface area (Å²) in [6, 6.07) is 3.71. The van der Waals surface area contributed by atoms with Crippen LogP contribution in [-0.4, -0.2) is 53.5 Å². The fourth-order valence-electron chi connectivity index (χ4n) is 3.62. The Morgan fingerprint density at radius 2 is 2.03 bits per heavy atom. The number of pyridine rings is 1. The number of nitrogens with zero attached hydrogens (tertiary/aromatic N) is 3. The van der Waals surface area contributed by atoms with Crippen LogP contribution in [0.3, 0.4) is 0 Å². The molecule has 1 aliphatic rings. The van der Waals surface area contributed by atoms with E-state index in [2.05, 4.69) is 30.8 Å². The third-order valence-electron chi connectivity index (χ3n) is 5.10. The molecule has 156 valence electrons. The van der Waals surface area contributed by atoms with Crippen molar-refractivity contribution in [3.63, 3.8) is 0 Å². The van der Waals surface area contributed by atoms with Crippen LogP contribution in [-0.2, 0) is 6.54 Å². The standard InChI is InChI=1S/C20H28N6O3/c1-4-22-19(28)25-20-23-11-15(29-20)12-26-9-7-14(8-10-26)16-5-6-17(18(27)21-3)24-13(16)2/h5-6,11,14H,4,7-10,12H2,1-3H3,(H,21,27)(H2,22,23,25,28). The Morgan fingerprint density at radius 3 is 2.69 bits per heavy atom. The maximum Gasteiger partial charge on any atom is 0.322 e. The zero-order valence-corrected chi connectivity index (χ0v) is 17.1. The molecular weight excluding hydrogens is 372 g/mol. The number of hydrogen-bond donors (Lipinski definition) is 3. The Morgan fingerprint density at radius 1 is 1.28 bits per heavy atom. The zero-order chi connectivity index (χ0) is 20.8. The lowest BCUT2D eigenvalue weighted by Gasteiger charge is -2.32. The molecule has 3 rings (SSSR count). The minimum atomic E-state index is -0.326. The van der Waals surface area contributed by atoms with Crippen LogP contribution in [0.25, 0.3) is 0 Å². The number of likely N-dealkylation sites (tertiary alicyclic amines) is 1. The molecule has 9 heteroatoms. The fourth-order valence-corrected chi connectivity index (χ4v) is 3.62. The molecule has 1 fully saturated rings. The Balaban J connectivity index is 1.53. The van der Waals surface area contributed by atoms with Crippen LogP contribution in [0.2, 0.25) is 0 Å². The average molecular weight is 400 g/mol. The number of aryl methyl sites for hydroxylation is 1. The van der Waals surface area contributed by atoms with E-state index in [-0.39, 0.29) is 18.0 Å². The highest BCUT2D eigenvalue weighted by Crippen LogP contribution is 2.30. The summed E-state index contributed by atoms with van der Waals surface area (Å²) in [4.78, 5) is 34.1. The van der Waals surface area contributed by atoms with Crippen molar-refractivity contribution >= 4 is 18.0 Å². The van der Waals surface area contributed by atoms with Crippen LogP contribution in [0, 0.1) is 6.92 Å². The number of carbonyl (C=O) groups is 2. The molecule has 0 spiro atoms. The van der Waals surface area contributed by atoms with Gasteiger partial charge in [-0.15, -0.1) is 0 Å². The number of nitrogens with one attached hydrogen (secondary N) is 3. The minimum Gasteiger partial charge on any atom is -0.427 e. The van der Waals surface area contributed by atoms with Gasteiger partial charge in [0.1, 0.15) is 11.5 Å². The van der Waals surface area contributed by atoms with Gasteiger partial charge < -0.3 is 15.1 Å². The largest absolute Gasteiger partial charge is 0.427 e. The van der Waals surface area contributed by atoms with Gasteiger partial charge in [-0.05, 0) is 57.3 Å². The van der Waals surface area contributed by atoms with Gasteiger partial charge in [0.25, 0.3) is 5.91 Å². The number of anilines is 1. The zero-order valence-electron chi connectivity index (χ0n) is 17.1. The second kappa shape index (κ2) is 9.51. The lowest BCUT2D eigenvalue weighted by molar-refractivity contribution is 0.0958.